The van der Waals surface area contributed by atoms with Crippen molar-refractivity contribution < 1.29 is 14.3 Å². The first kappa shape index (κ1) is 25.4. The fourth-order valence-corrected chi connectivity index (χ4v) is 4.66. The van der Waals surface area contributed by atoms with Crippen molar-refractivity contribution in [1.82, 2.24) is 9.55 Å². The monoisotopic (exact) mass is 547 g/mol. The number of anilines is 1. The van der Waals surface area contributed by atoms with Crippen LogP contribution in [0.15, 0.2) is 71.9 Å². The Balaban J connectivity index is 1.43. The number of esters is 1. The standard InChI is InChI=1S/C25H20Cl3N3O3S/c1-15(24(33)29-19-9-5-8-18(27)23(19)28)34-22(32)14-35-25-30-20-12-17(26)10-11-21(20)31(25)13-16-6-3-2-4-7-16/h2-12,15H,13-14H2,1H3,(H,29,33)/t15-/m1/s1. The van der Waals surface area contributed by atoms with Crippen LogP contribution in [0.1, 0.15) is 12.5 Å². The number of nitrogens with zero attached hydrogens (tertiary/aromatic N) is 2. The first-order chi connectivity index (χ1) is 16.8. The van der Waals surface area contributed by atoms with Gasteiger partial charge in [0.15, 0.2) is 11.3 Å². The van der Waals surface area contributed by atoms with Gasteiger partial charge in [-0.05, 0) is 42.8 Å². The van der Waals surface area contributed by atoms with Crippen LogP contribution in [0.4, 0.5) is 5.69 Å². The molecule has 6 nitrogen and oxygen atoms in total. The number of aromatic nitrogens is 2. The number of halogens is 3. The lowest BCUT2D eigenvalue weighted by Gasteiger charge is -2.14. The van der Waals surface area contributed by atoms with E-state index in [-0.39, 0.29) is 10.8 Å². The molecule has 3 aromatic carbocycles. The molecule has 4 rings (SSSR count). The van der Waals surface area contributed by atoms with Crippen molar-refractivity contribution in [1.29, 1.82) is 0 Å². The Hall–Kier alpha value is -2.71. The fraction of sp³-hybridized carbons (Fsp3) is 0.160. The number of thioether (sulfide) groups is 1. The Labute approximate surface area is 221 Å². The van der Waals surface area contributed by atoms with Crippen molar-refractivity contribution >= 4 is 75.2 Å². The lowest BCUT2D eigenvalue weighted by Crippen LogP contribution is -2.30. The number of fused-ring (bicyclic) bond motifs is 1. The predicted octanol–water partition coefficient (Wildman–Crippen LogP) is 6.71. The minimum Gasteiger partial charge on any atom is -0.452 e. The zero-order chi connectivity index (χ0) is 24.9. The van der Waals surface area contributed by atoms with Crippen LogP contribution in [0.3, 0.4) is 0 Å². The smallest absolute Gasteiger partial charge is 0.317 e. The second-order valence-corrected chi connectivity index (χ2v) is 9.77. The average Bonchev–Trinajstić information content (AvgIpc) is 3.17. The van der Waals surface area contributed by atoms with E-state index in [4.69, 9.17) is 39.5 Å². The SMILES string of the molecule is C[C@@H](OC(=O)CSc1nc2cc(Cl)ccc2n1Cc1ccccc1)C(=O)Nc1cccc(Cl)c1Cl. The van der Waals surface area contributed by atoms with E-state index in [1.807, 2.05) is 47.0 Å². The van der Waals surface area contributed by atoms with E-state index in [9.17, 15) is 9.59 Å². The van der Waals surface area contributed by atoms with E-state index in [0.717, 1.165) is 16.6 Å². The number of hydrogen-bond donors (Lipinski definition) is 1. The minimum atomic E-state index is -1.03. The van der Waals surface area contributed by atoms with Gasteiger partial charge in [-0.1, -0.05) is 83.0 Å². The van der Waals surface area contributed by atoms with Gasteiger partial charge in [-0.15, -0.1) is 0 Å². The average molecular weight is 549 g/mol. The van der Waals surface area contributed by atoms with Gasteiger partial charge in [-0.25, -0.2) is 4.98 Å². The zero-order valence-corrected chi connectivity index (χ0v) is 21.6. The maximum absolute atomic E-state index is 12.5. The number of carbonyl (C=O) groups is 2. The Bertz CT molecular complexity index is 1380. The number of nitrogens with one attached hydrogen (secondary N) is 1. The lowest BCUT2D eigenvalue weighted by molar-refractivity contribution is -0.150. The molecule has 180 valence electrons. The van der Waals surface area contributed by atoms with Crippen LogP contribution in [-0.4, -0.2) is 33.3 Å². The molecule has 35 heavy (non-hydrogen) atoms. The molecule has 0 aliphatic heterocycles. The molecule has 0 saturated heterocycles. The van der Waals surface area contributed by atoms with Gasteiger partial charge in [-0.3, -0.25) is 9.59 Å². The molecular formula is C25H20Cl3N3O3S. The van der Waals surface area contributed by atoms with Crippen LogP contribution in [-0.2, 0) is 20.9 Å². The molecular weight excluding hydrogens is 529 g/mol. The highest BCUT2D eigenvalue weighted by Crippen LogP contribution is 2.30. The molecule has 1 atom stereocenters. The predicted molar refractivity (Wildman–Crippen MR) is 142 cm³/mol. The number of benzene rings is 3. The molecule has 0 unspecified atom stereocenters. The first-order valence-electron chi connectivity index (χ1n) is 10.6. The third kappa shape index (κ3) is 6.30. The summed E-state index contributed by atoms with van der Waals surface area (Å²) in [6.45, 7) is 2.07. The second kappa shape index (κ2) is 11.4. The van der Waals surface area contributed by atoms with E-state index < -0.39 is 18.0 Å². The van der Waals surface area contributed by atoms with Crippen molar-refractivity contribution in [2.45, 2.75) is 24.7 Å². The summed E-state index contributed by atoms with van der Waals surface area (Å²) in [5.41, 5.74) is 3.07. The summed E-state index contributed by atoms with van der Waals surface area (Å²) in [6, 6.07) is 20.3. The van der Waals surface area contributed by atoms with Crippen LogP contribution >= 0.6 is 46.6 Å². The Morgan fingerprint density at radius 2 is 1.83 bits per heavy atom. The van der Waals surface area contributed by atoms with Gasteiger partial charge >= 0.3 is 5.97 Å². The van der Waals surface area contributed by atoms with Gasteiger partial charge in [0, 0.05) is 5.02 Å². The number of amides is 1. The van der Waals surface area contributed by atoms with Crippen LogP contribution < -0.4 is 5.32 Å². The number of carbonyl (C=O) groups excluding carboxylic acids is 2. The fourth-order valence-electron chi connectivity index (χ4n) is 3.35. The molecule has 0 aliphatic carbocycles. The Kier molecular flexibility index (Phi) is 8.23. The van der Waals surface area contributed by atoms with Crippen molar-refractivity contribution in [2.75, 3.05) is 11.1 Å². The van der Waals surface area contributed by atoms with Crippen molar-refractivity contribution in [3.63, 3.8) is 0 Å². The van der Waals surface area contributed by atoms with E-state index in [1.165, 1.54) is 18.7 Å². The van der Waals surface area contributed by atoms with Gasteiger partial charge < -0.3 is 14.6 Å². The van der Waals surface area contributed by atoms with Crippen LogP contribution in [0.2, 0.25) is 15.1 Å². The molecule has 0 aliphatic rings. The number of rotatable bonds is 8. The quantitative estimate of drug-likeness (QED) is 0.196. The topological polar surface area (TPSA) is 73.2 Å². The second-order valence-electron chi connectivity index (χ2n) is 7.61. The van der Waals surface area contributed by atoms with Gasteiger partial charge in [0.1, 0.15) is 0 Å². The summed E-state index contributed by atoms with van der Waals surface area (Å²) in [4.78, 5) is 29.6. The van der Waals surface area contributed by atoms with Gasteiger partial charge in [0.25, 0.3) is 5.91 Å². The van der Waals surface area contributed by atoms with Crippen LogP contribution in [0, 0.1) is 0 Å². The molecule has 10 heteroatoms. The summed E-state index contributed by atoms with van der Waals surface area (Å²) >= 11 is 19.5. The lowest BCUT2D eigenvalue weighted by atomic mass is 10.2. The molecule has 1 N–H and O–H groups in total. The Morgan fingerprint density at radius 1 is 1.06 bits per heavy atom. The molecule has 0 saturated carbocycles. The summed E-state index contributed by atoms with van der Waals surface area (Å²) in [6.07, 6.45) is -1.03. The van der Waals surface area contributed by atoms with Crippen LogP contribution in [0.25, 0.3) is 11.0 Å². The van der Waals surface area contributed by atoms with Gasteiger partial charge in [0.2, 0.25) is 0 Å². The van der Waals surface area contributed by atoms with E-state index in [1.54, 1.807) is 24.3 Å². The van der Waals surface area contributed by atoms with Crippen molar-refractivity contribution in [3.05, 3.63) is 87.4 Å². The summed E-state index contributed by atoms with van der Waals surface area (Å²) in [7, 11) is 0. The minimum absolute atomic E-state index is 0.0264. The molecule has 4 aromatic rings. The van der Waals surface area contributed by atoms with E-state index in [0.29, 0.717) is 27.4 Å². The maximum atomic E-state index is 12.5. The number of hydrogen-bond acceptors (Lipinski definition) is 5. The Morgan fingerprint density at radius 3 is 2.60 bits per heavy atom. The highest BCUT2D eigenvalue weighted by molar-refractivity contribution is 7.99. The highest BCUT2D eigenvalue weighted by Gasteiger charge is 2.21. The molecule has 0 radical (unpaired) electrons. The molecule has 0 fully saturated rings. The molecule has 1 aromatic heterocycles. The van der Waals surface area contributed by atoms with E-state index in [2.05, 4.69) is 10.3 Å². The van der Waals surface area contributed by atoms with Crippen molar-refractivity contribution in [2.24, 2.45) is 0 Å². The molecule has 1 heterocycles. The number of imidazole rings is 1. The largest absolute Gasteiger partial charge is 0.452 e. The normalized spacial score (nSPS) is 11.9. The third-order valence-electron chi connectivity index (χ3n) is 5.06. The molecule has 0 bridgehead atoms. The molecule has 1 amide bonds. The summed E-state index contributed by atoms with van der Waals surface area (Å²) < 4.78 is 7.35. The third-order valence-corrected chi connectivity index (χ3v) is 7.07. The maximum Gasteiger partial charge on any atom is 0.317 e. The molecule has 0 spiro atoms. The van der Waals surface area contributed by atoms with Gasteiger partial charge in [-0.2, -0.15) is 0 Å². The zero-order valence-electron chi connectivity index (χ0n) is 18.5. The summed E-state index contributed by atoms with van der Waals surface area (Å²) in [5, 5.41) is 4.37. The highest BCUT2D eigenvalue weighted by atomic mass is 35.5. The first-order valence-corrected chi connectivity index (χ1v) is 12.7. The summed E-state index contributed by atoms with van der Waals surface area (Å²) in [5.74, 6) is -1.09. The van der Waals surface area contributed by atoms with E-state index >= 15 is 0 Å². The van der Waals surface area contributed by atoms with Crippen LogP contribution in [0.5, 0.6) is 0 Å². The van der Waals surface area contributed by atoms with Gasteiger partial charge in [0.05, 0.1) is 39.1 Å². The number of ether oxygens (including phenoxy) is 1. The van der Waals surface area contributed by atoms with Crippen molar-refractivity contribution in [3.8, 4) is 0 Å².